The molecule has 2 rings (SSSR count). The highest BCUT2D eigenvalue weighted by molar-refractivity contribution is 5.82. The van der Waals surface area contributed by atoms with Gasteiger partial charge in [0, 0.05) is 13.0 Å². The molecule has 2 atom stereocenters. The molecule has 0 saturated carbocycles. The summed E-state index contributed by atoms with van der Waals surface area (Å²) < 4.78 is 31.6. The van der Waals surface area contributed by atoms with E-state index in [1.807, 2.05) is 13.8 Å². The number of aliphatic hydroxyl groups is 1. The molecule has 128 valence electrons. The van der Waals surface area contributed by atoms with E-state index >= 15 is 0 Å². The molecule has 0 bridgehead atoms. The summed E-state index contributed by atoms with van der Waals surface area (Å²) in [5, 5.41) is 15.0. The zero-order chi connectivity index (χ0) is 17.0. The van der Waals surface area contributed by atoms with Crippen LogP contribution in [0.5, 0.6) is 5.75 Å². The Morgan fingerprint density at radius 3 is 2.61 bits per heavy atom. The Balaban J connectivity index is 1.82. The number of alkyl halides is 2. The maximum atomic E-state index is 13.0. The van der Waals surface area contributed by atoms with E-state index in [4.69, 9.17) is 4.74 Å². The van der Waals surface area contributed by atoms with Crippen molar-refractivity contribution in [2.75, 3.05) is 13.1 Å². The minimum atomic E-state index is -2.85. The van der Waals surface area contributed by atoms with Crippen LogP contribution in [0.15, 0.2) is 24.3 Å². The third-order valence-electron chi connectivity index (χ3n) is 3.53. The van der Waals surface area contributed by atoms with Gasteiger partial charge in [0.15, 0.2) is 0 Å². The molecule has 1 amide bonds. The van der Waals surface area contributed by atoms with Gasteiger partial charge in [-0.15, -0.1) is 0 Å². The molecule has 1 heterocycles. The van der Waals surface area contributed by atoms with Crippen LogP contribution in [0.25, 0.3) is 0 Å². The number of hydrogen-bond donors (Lipinski definition) is 3. The Bertz CT molecular complexity index is 535. The summed E-state index contributed by atoms with van der Waals surface area (Å²) in [6, 6.07) is 5.96. The molecule has 1 saturated heterocycles. The van der Waals surface area contributed by atoms with E-state index < -0.39 is 36.9 Å². The standard InChI is InChI=1S/C16H22F2N2O3/c1-10(2)23-12-5-3-11(4-6-12)14(21)8-19-15(22)13-7-16(17,18)9-20-13/h3-6,10,13-14,20-21H,7-9H2,1-2H3,(H,19,22). The van der Waals surface area contributed by atoms with Gasteiger partial charge in [0.1, 0.15) is 5.75 Å². The highest BCUT2D eigenvalue weighted by Crippen LogP contribution is 2.25. The smallest absolute Gasteiger partial charge is 0.262 e. The van der Waals surface area contributed by atoms with E-state index in [-0.39, 0.29) is 12.6 Å². The van der Waals surface area contributed by atoms with E-state index in [1.54, 1.807) is 24.3 Å². The fourth-order valence-corrected chi connectivity index (χ4v) is 2.38. The zero-order valence-electron chi connectivity index (χ0n) is 13.2. The molecule has 7 heteroatoms. The normalized spacial score (nSPS) is 21.2. The molecule has 0 aliphatic carbocycles. The predicted octanol–water partition coefficient (Wildman–Crippen LogP) is 1.62. The van der Waals surface area contributed by atoms with Crippen molar-refractivity contribution in [2.45, 2.75) is 44.4 Å². The van der Waals surface area contributed by atoms with Gasteiger partial charge in [-0.1, -0.05) is 12.1 Å². The first-order valence-corrected chi connectivity index (χ1v) is 7.60. The van der Waals surface area contributed by atoms with Crippen molar-refractivity contribution in [2.24, 2.45) is 0 Å². The van der Waals surface area contributed by atoms with E-state index in [1.165, 1.54) is 0 Å². The van der Waals surface area contributed by atoms with Gasteiger partial charge < -0.3 is 15.2 Å². The molecule has 1 aromatic rings. The van der Waals surface area contributed by atoms with Crippen LogP contribution in [0.2, 0.25) is 0 Å². The van der Waals surface area contributed by atoms with E-state index in [2.05, 4.69) is 10.6 Å². The molecule has 0 aromatic heterocycles. The van der Waals surface area contributed by atoms with E-state index in [0.717, 1.165) is 0 Å². The quantitative estimate of drug-likeness (QED) is 0.742. The molecule has 0 radical (unpaired) electrons. The van der Waals surface area contributed by atoms with Crippen molar-refractivity contribution in [1.29, 1.82) is 0 Å². The summed E-state index contributed by atoms with van der Waals surface area (Å²) in [4.78, 5) is 11.8. The number of aliphatic hydroxyl groups excluding tert-OH is 1. The van der Waals surface area contributed by atoms with Crippen molar-refractivity contribution in [3.63, 3.8) is 0 Å². The monoisotopic (exact) mass is 328 g/mol. The third-order valence-corrected chi connectivity index (χ3v) is 3.53. The summed E-state index contributed by atoms with van der Waals surface area (Å²) >= 11 is 0. The van der Waals surface area contributed by atoms with Crippen molar-refractivity contribution in [3.8, 4) is 5.75 Å². The van der Waals surface area contributed by atoms with E-state index in [0.29, 0.717) is 11.3 Å². The highest BCUT2D eigenvalue weighted by atomic mass is 19.3. The second-order valence-corrected chi connectivity index (χ2v) is 5.99. The molecule has 1 aliphatic rings. The fraction of sp³-hybridized carbons (Fsp3) is 0.562. The molecule has 0 spiro atoms. The lowest BCUT2D eigenvalue weighted by atomic mass is 10.1. The van der Waals surface area contributed by atoms with E-state index in [9.17, 15) is 18.7 Å². The van der Waals surface area contributed by atoms with Gasteiger partial charge in [-0.05, 0) is 31.5 Å². The van der Waals surface area contributed by atoms with Crippen LogP contribution < -0.4 is 15.4 Å². The number of hydrogen-bond acceptors (Lipinski definition) is 4. The number of benzene rings is 1. The van der Waals surface area contributed by atoms with Crippen LogP contribution in [0.1, 0.15) is 31.9 Å². The second-order valence-electron chi connectivity index (χ2n) is 5.99. The molecular weight excluding hydrogens is 306 g/mol. The second kappa shape index (κ2) is 7.23. The Morgan fingerprint density at radius 1 is 1.43 bits per heavy atom. The number of ether oxygens (including phenoxy) is 1. The number of carbonyl (C=O) groups is 1. The number of carbonyl (C=O) groups excluding carboxylic acids is 1. The summed E-state index contributed by atoms with van der Waals surface area (Å²) in [7, 11) is 0. The molecule has 23 heavy (non-hydrogen) atoms. The number of nitrogens with one attached hydrogen (secondary N) is 2. The molecule has 3 N–H and O–H groups in total. The first-order valence-electron chi connectivity index (χ1n) is 7.60. The predicted molar refractivity (Wildman–Crippen MR) is 81.5 cm³/mol. The summed E-state index contributed by atoms with van der Waals surface area (Å²) in [6.45, 7) is 3.30. The molecule has 5 nitrogen and oxygen atoms in total. The SMILES string of the molecule is CC(C)Oc1ccc(C(O)CNC(=O)C2CC(F)(F)CN2)cc1. The zero-order valence-corrected chi connectivity index (χ0v) is 13.2. The van der Waals surface area contributed by atoms with Crippen LogP contribution in [0, 0.1) is 0 Å². The summed E-state index contributed by atoms with van der Waals surface area (Å²) in [5.41, 5.74) is 0.617. The molecule has 1 fully saturated rings. The van der Waals surface area contributed by atoms with Gasteiger partial charge in [0.05, 0.1) is 24.8 Å². The summed E-state index contributed by atoms with van der Waals surface area (Å²) in [5.74, 6) is -2.69. The van der Waals surface area contributed by atoms with Crippen molar-refractivity contribution in [1.82, 2.24) is 10.6 Å². The Kier molecular flexibility index (Phi) is 5.54. The topological polar surface area (TPSA) is 70.6 Å². The van der Waals surface area contributed by atoms with Crippen molar-refractivity contribution < 1.29 is 23.4 Å². The molecular formula is C16H22F2N2O3. The maximum Gasteiger partial charge on any atom is 0.262 e. The lowest BCUT2D eigenvalue weighted by molar-refractivity contribution is -0.123. The van der Waals surface area contributed by atoms with Gasteiger partial charge in [-0.3, -0.25) is 10.1 Å². The van der Waals surface area contributed by atoms with Crippen molar-refractivity contribution >= 4 is 5.91 Å². The number of halogens is 2. The third kappa shape index (κ3) is 5.14. The molecule has 2 unspecified atom stereocenters. The highest BCUT2D eigenvalue weighted by Gasteiger charge is 2.42. The van der Waals surface area contributed by atoms with Crippen molar-refractivity contribution in [3.05, 3.63) is 29.8 Å². The van der Waals surface area contributed by atoms with Crippen LogP contribution >= 0.6 is 0 Å². The summed E-state index contributed by atoms with van der Waals surface area (Å²) in [6.07, 6.45) is -1.37. The maximum absolute atomic E-state index is 13.0. The van der Waals surface area contributed by atoms with Gasteiger partial charge in [-0.25, -0.2) is 8.78 Å². The molecule has 1 aromatic carbocycles. The Morgan fingerprint density at radius 2 is 2.09 bits per heavy atom. The van der Waals surface area contributed by atoms with Gasteiger partial charge >= 0.3 is 0 Å². The van der Waals surface area contributed by atoms with Gasteiger partial charge in [0.25, 0.3) is 5.92 Å². The van der Waals surface area contributed by atoms with Gasteiger partial charge in [0.2, 0.25) is 5.91 Å². The lowest BCUT2D eigenvalue weighted by Crippen LogP contribution is -2.41. The Labute approximate surface area is 134 Å². The first kappa shape index (κ1) is 17.6. The van der Waals surface area contributed by atoms with Gasteiger partial charge in [-0.2, -0.15) is 0 Å². The van der Waals surface area contributed by atoms with Crippen LogP contribution in [0.4, 0.5) is 8.78 Å². The average Bonchev–Trinajstić information content (AvgIpc) is 2.85. The van der Waals surface area contributed by atoms with Crippen LogP contribution in [-0.2, 0) is 4.79 Å². The average molecular weight is 328 g/mol. The van der Waals surface area contributed by atoms with Crippen LogP contribution in [-0.4, -0.2) is 42.2 Å². The largest absolute Gasteiger partial charge is 0.491 e. The van der Waals surface area contributed by atoms with Crippen LogP contribution in [0.3, 0.4) is 0 Å². The number of amides is 1. The fourth-order valence-electron chi connectivity index (χ4n) is 2.38. The Hall–Kier alpha value is -1.73. The molecule has 1 aliphatic heterocycles. The minimum absolute atomic E-state index is 0.0348. The number of rotatable bonds is 6. The minimum Gasteiger partial charge on any atom is -0.491 e. The first-order chi connectivity index (χ1) is 10.8. The lowest BCUT2D eigenvalue weighted by Gasteiger charge is -2.16.